The van der Waals surface area contributed by atoms with Gasteiger partial charge in [-0.1, -0.05) is 12.0 Å². The molecule has 4 aliphatic rings. The minimum Gasteiger partial charge on any atom is -0.486 e. The maximum absolute atomic E-state index is 11.9. The van der Waals surface area contributed by atoms with Crippen LogP contribution in [0.2, 0.25) is 0 Å². The van der Waals surface area contributed by atoms with Crippen molar-refractivity contribution in [3.8, 4) is 17.6 Å². The largest absolute Gasteiger partial charge is 0.486 e. The average Bonchev–Trinajstić information content (AvgIpc) is 2.99. The lowest BCUT2D eigenvalue weighted by atomic mass is 9.87. The third-order valence-electron chi connectivity index (χ3n) is 7.76. The number of sulfone groups is 1. The van der Waals surface area contributed by atoms with Crippen LogP contribution in [0.1, 0.15) is 29.5 Å². The Kier molecular flexibility index (Phi) is 5.96. The summed E-state index contributed by atoms with van der Waals surface area (Å²) in [5, 5.41) is 3.48. The fourth-order valence-electron chi connectivity index (χ4n) is 5.49. The van der Waals surface area contributed by atoms with Gasteiger partial charge in [-0.3, -0.25) is 9.69 Å². The molecule has 0 aliphatic carbocycles. The second-order valence-corrected chi connectivity index (χ2v) is 12.5. The summed E-state index contributed by atoms with van der Waals surface area (Å²) in [5.74, 6) is 8.11. The second-order valence-electron chi connectivity index (χ2n) is 10.2. The monoisotopic (exact) mass is 522 g/mol. The van der Waals surface area contributed by atoms with Crippen molar-refractivity contribution in [1.82, 2.24) is 19.8 Å². The van der Waals surface area contributed by atoms with Gasteiger partial charge in [-0.15, -0.1) is 0 Å². The summed E-state index contributed by atoms with van der Waals surface area (Å²) in [6.07, 6.45) is 1.52. The molecule has 11 heteroatoms. The summed E-state index contributed by atoms with van der Waals surface area (Å²) in [6.45, 7) is 8.32. The molecule has 0 spiro atoms. The van der Waals surface area contributed by atoms with E-state index in [2.05, 4.69) is 51.1 Å². The first-order valence-electron chi connectivity index (χ1n) is 12.6. The lowest BCUT2D eigenvalue weighted by Gasteiger charge is -2.51. The number of carbonyl (C=O) groups excluding carboxylic acids is 1. The molecule has 3 fully saturated rings. The van der Waals surface area contributed by atoms with Gasteiger partial charge < -0.3 is 19.9 Å². The summed E-state index contributed by atoms with van der Waals surface area (Å²) in [4.78, 5) is 27.1. The van der Waals surface area contributed by atoms with Crippen LogP contribution in [0.15, 0.2) is 18.5 Å². The van der Waals surface area contributed by atoms with E-state index in [9.17, 15) is 13.2 Å². The van der Waals surface area contributed by atoms with Crippen LogP contribution in [0, 0.1) is 18.8 Å². The SMILES string of the molecule is CC#CC(=O)N1CC(N2CC(c3cc(C)c4c(c3)Nc3ncnc(N5CCS(=O)(=O)CC5)c3CO4)C2)C1. The number of hydrogen-bond acceptors (Lipinski definition) is 9. The van der Waals surface area contributed by atoms with Gasteiger partial charge in [0.1, 0.15) is 30.3 Å². The maximum Gasteiger partial charge on any atom is 0.298 e. The van der Waals surface area contributed by atoms with Crippen molar-refractivity contribution < 1.29 is 17.9 Å². The molecule has 0 saturated carbocycles. The minimum atomic E-state index is -2.99. The highest BCUT2D eigenvalue weighted by molar-refractivity contribution is 7.91. The molecular formula is C26H30N6O4S. The first kappa shape index (κ1) is 24.0. The predicted octanol–water partition coefficient (Wildman–Crippen LogP) is 1.29. The maximum atomic E-state index is 11.9. The Labute approximate surface area is 216 Å². The zero-order valence-electron chi connectivity index (χ0n) is 21.0. The number of nitrogens with one attached hydrogen (secondary N) is 1. The molecule has 2 aromatic rings. The van der Waals surface area contributed by atoms with Crippen molar-refractivity contribution in [1.29, 1.82) is 0 Å². The van der Waals surface area contributed by atoms with Crippen LogP contribution in [-0.4, -0.2) is 90.9 Å². The summed E-state index contributed by atoms with van der Waals surface area (Å²) >= 11 is 0. The zero-order valence-corrected chi connectivity index (χ0v) is 21.8. The molecule has 1 N–H and O–H groups in total. The molecular weight excluding hydrogens is 492 g/mol. The Hall–Kier alpha value is -3.36. The van der Waals surface area contributed by atoms with Gasteiger partial charge in [0.05, 0.1) is 22.8 Å². The lowest BCUT2D eigenvalue weighted by molar-refractivity contribution is -0.133. The summed E-state index contributed by atoms with van der Waals surface area (Å²) < 4.78 is 30.1. The van der Waals surface area contributed by atoms with Crippen LogP contribution in [0.5, 0.6) is 5.75 Å². The van der Waals surface area contributed by atoms with Crippen LogP contribution in [0.25, 0.3) is 0 Å². The molecule has 0 atom stereocenters. The number of rotatable bonds is 3. The molecule has 1 amide bonds. The number of fused-ring (bicyclic) bond motifs is 2. The van der Waals surface area contributed by atoms with Crippen LogP contribution in [0.4, 0.5) is 17.3 Å². The van der Waals surface area contributed by atoms with Crippen molar-refractivity contribution in [3.63, 3.8) is 0 Å². The normalized spacial score (nSPS) is 21.1. The van der Waals surface area contributed by atoms with Crippen molar-refractivity contribution in [2.75, 3.05) is 61.0 Å². The van der Waals surface area contributed by atoms with E-state index >= 15 is 0 Å². The van der Waals surface area contributed by atoms with E-state index in [1.54, 1.807) is 11.8 Å². The van der Waals surface area contributed by atoms with Crippen LogP contribution >= 0.6 is 0 Å². The molecule has 37 heavy (non-hydrogen) atoms. The fourth-order valence-corrected chi connectivity index (χ4v) is 6.70. The Morgan fingerprint density at radius 2 is 1.89 bits per heavy atom. The van der Waals surface area contributed by atoms with Gasteiger partial charge in [0.2, 0.25) is 0 Å². The fraction of sp³-hybridized carbons (Fsp3) is 0.500. The number of likely N-dealkylation sites (tertiary alicyclic amines) is 2. The van der Waals surface area contributed by atoms with E-state index in [-0.39, 0.29) is 17.4 Å². The van der Waals surface area contributed by atoms with E-state index in [0.717, 1.165) is 54.6 Å². The smallest absolute Gasteiger partial charge is 0.298 e. The van der Waals surface area contributed by atoms with E-state index in [4.69, 9.17) is 4.74 Å². The minimum absolute atomic E-state index is 0.0826. The first-order chi connectivity index (χ1) is 17.8. The van der Waals surface area contributed by atoms with Gasteiger partial charge in [-0.2, -0.15) is 0 Å². The number of aryl methyl sites for hydroxylation is 1. The Balaban J connectivity index is 1.16. The molecule has 194 valence electrons. The third kappa shape index (κ3) is 4.49. The molecule has 6 rings (SSSR count). The molecule has 4 aliphatic heterocycles. The predicted molar refractivity (Wildman–Crippen MR) is 140 cm³/mol. The van der Waals surface area contributed by atoms with Gasteiger partial charge >= 0.3 is 0 Å². The highest BCUT2D eigenvalue weighted by atomic mass is 32.2. The van der Waals surface area contributed by atoms with Crippen molar-refractivity contribution >= 4 is 33.1 Å². The Morgan fingerprint density at radius 1 is 1.14 bits per heavy atom. The standard InChI is InChI=1S/C26H30N6O4S/c1-3-4-23(33)32-13-20(14-32)31-11-19(12-31)18-9-17(2)24-22(10-18)29-25-21(15-36-24)26(28-16-27-25)30-5-7-37(34,35)8-6-30/h9-10,16,19-20H,5-8,11-15H2,1-2H3,(H,27,28,29). The van der Waals surface area contributed by atoms with E-state index in [1.807, 2.05) is 4.90 Å². The number of carbonyl (C=O) groups is 1. The first-order valence-corrected chi connectivity index (χ1v) is 14.4. The number of amides is 1. The molecule has 1 aromatic heterocycles. The summed E-state index contributed by atoms with van der Waals surface area (Å²) in [7, 11) is -2.99. The number of nitrogens with zero attached hydrogens (tertiary/aromatic N) is 5. The quantitative estimate of drug-likeness (QED) is 0.597. The van der Waals surface area contributed by atoms with Crippen molar-refractivity contribution in [2.45, 2.75) is 32.4 Å². The molecule has 0 bridgehead atoms. The van der Waals surface area contributed by atoms with Crippen molar-refractivity contribution in [3.05, 3.63) is 35.2 Å². The van der Waals surface area contributed by atoms with E-state index < -0.39 is 9.84 Å². The van der Waals surface area contributed by atoms with Gasteiger partial charge in [-0.25, -0.2) is 18.4 Å². The average molecular weight is 523 g/mol. The van der Waals surface area contributed by atoms with Gasteiger partial charge in [0.15, 0.2) is 9.84 Å². The molecule has 5 heterocycles. The number of anilines is 3. The topological polar surface area (TPSA) is 108 Å². The third-order valence-corrected chi connectivity index (χ3v) is 9.37. The second kappa shape index (κ2) is 9.19. The Morgan fingerprint density at radius 3 is 2.62 bits per heavy atom. The molecule has 0 unspecified atom stereocenters. The summed E-state index contributed by atoms with van der Waals surface area (Å²) in [5.41, 5.74) is 4.04. The van der Waals surface area contributed by atoms with Crippen LogP contribution < -0.4 is 15.0 Å². The molecule has 0 radical (unpaired) electrons. The number of ether oxygens (including phenoxy) is 1. The van der Waals surface area contributed by atoms with E-state index in [1.165, 1.54) is 11.9 Å². The number of benzene rings is 1. The molecule has 10 nitrogen and oxygen atoms in total. The number of hydrogen-bond donors (Lipinski definition) is 1. The van der Waals surface area contributed by atoms with Gasteiger partial charge in [0.25, 0.3) is 5.91 Å². The highest BCUT2D eigenvalue weighted by Gasteiger charge is 2.41. The van der Waals surface area contributed by atoms with Crippen molar-refractivity contribution in [2.24, 2.45) is 0 Å². The Bertz CT molecular complexity index is 1410. The lowest BCUT2D eigenvalue weighted by Crippen LogP contribution is -2.65. The summed E-state index contributed by atoms with van der Waals surface area (Å²) in [6, 6.07) is 4.77. The highest BCUT2D eigenvalue weighted by Crippen LogP contribution is 2.41. The molecule has 3 saturated heterocycles. The van der Waals surface area contributed by atoms with Crippen LogP contribution in [-0.2, 0) is 21.2 Å². The molecule has 1 aromatic carbocycles. The van der Waals surface area contributed by atoms with E-state index in [0.29, 0.717) is 37.5 Å². The van der Waals surface area contributed by atoms with Gasteiger partial charge in [-0.05, 0) is 37.0 Å². The number of aromatic nitrogens is 2. The van der Waals surface area contributed by atoms with Crippen LogP contribution in [0.3, 0.4) is 0 Å². The zero-order chi connectivity index (χ0) is 25.7. The van der Waals surface area contributed by atoms with Gasteiger partial charge in [0, 0.05) is 51.2 Å².